The highest BCUT2D eigenvalue weighted by Gasteiger charge is 2.01. The third-order valence-corrected chi connectivity index (χ3v) is 0.357. The van der Waals surface area contributed by atoms with Crippen molar-refractivity contribution in [3.05, 3.63) is 0 Å². The van der Waals surface area contributed by atoms with E-state index in [2.05, 4.69) is 0 Å². The Bertz CT molecular complexity index is 61.2. The van der Waals surface area contributed by atoms with Gasteiger partial charge in [-0.25, -0.2) is 4.79 Å². The Labute approximate surface area is 57.5 Å². The van der Waals surface area contributed by atoms with Gasteiger partial charge in [-0.1, -0.05) is 0 Å². The third kappa shape index (κ3) is 6.20. The molecule has 0 saturated carbocycles. The summed E-state index contributed by atoms with van der Waals surface area (Å²) < 4.78 is 0. The lowest BCUT2D eigenvalue weighted by molar-refractivity contribution is -0.145. The fraction of sp³-hybridized carbons (Fsp3) is 0.667. The summed E-state index contributed by atoms with van der Waals surface area (Å²) >= 11 is 0. The van der Waals surface area contributed by atoms with Crippen LogP contribution < -0.4 is 0 Å². The van der Waals surface area contributed by atoms with Crippen LogP contribution in [0.3, 0.4) is 0 Å². The Morgan fingerprint density at radius 3 is 1.86 bits per heavy atom. The number of aliphatic hydroxyl groups excluding tert-OH is 1. The Balaban J connectivity index is 0. The van der Waals surface area contributed by atoms with Crippen LogP contribution >= 0.6 is 0 Å². The number of aliphatic carboxylic acids is 1. The van der Waals surface area contributed by atoms with Crippen molar-refractivity contribution >= 4 is 29.0 Å². The molecule has 0 fully saturated rings. The molecule has 0 heterocycles. The summed E-state index contributed by atoms with van der Waals surface area (Å²) in [5.74, 6) is -1.19. The average molecular weight is 114 g/mol. The molecule has 0 unspecified atom stereocenters. The quantitative estimate of drug-likeness (QED) is 0.433. The second kappa shape index (κ2) is 4.36. The predicted octanol–water partition coefficient (Wildman–Crippen LogP) is -0.929. The van der Waals surface area contributed by atoms with E-state index in [1.54, 1.807) is 0 Å². The van der Waals surface area contributed by atoms with E-state index in [-0.39, 0.29) is 23.1 Å². The fourth-order valence-electron chi connectivity index (χ4n) is 0. The van der Waals surface area contributed by atoms with E-state index in [0.29, 0.717) is 0 Å². The maximum absolute atomic E-state index is 9.45. The molecule has 0 aliphatic heterocycles. The molecule has 0 spiro atoms. The van der Waals surface area contributed by atoms with Crippen LogP contribution in [0.1, 0.15) is 6.92 Å². The van der Waals surface area contributed by atoms with Gasteiger partial charge in [0.2, 0.25) is 0 Å². The molecule has 0 saturated heterocycles. The van der Waals surface area contributed by atoms with Gasteiger partial charge < -0.3 is 10.2 Å². The van der Waals surface area contributed by atoms with Crippen molar-refractivity contribution < 1.29 is 15.0 Å². The van der Waals surface area contributed by atoms with Crippen LogP contribution in [-0.2, 0) is 4.79 Å². The molecule has 0 aromatic heterocycles. The first kappa shape index (κ1) is 10.2. The molecule has 0 rings (SSSR count). The van der Waals surface area contributed by atoms with E-state index >= 15 is 0 Å². The molecule has 38 valence electrons. The molecule has 7 heavy (non-hydrogen) atoms. The summed E-state index contributed by atoms with van der Waals surface area (Å²) in [5, 5.41) is 15.8. The van der Waals surface area contributed by atoms with E-state index in [1.807, 2.05) is 0 Å². The molecule has 0 aliphatic carbocycles. The first-order valence-corrected chi connectivity index (χ1v) is 1.55. The zero-order valence-electron chi connectivity index (χ0n) is 4.09. The minimum Gasteiger partial charge on any atom is -0.479 e. The van der Waals surface area contributed by atoms with Crippen LogP contribution in [0.15, 0.2) is 0 Å². The highest BCUT2D eigenvalue weighted by molar-refractivity contribution is 5.75. The molecule has 0 aromatic carbocycles. The normalized spacial score (nSPS) is 11.7. The second-order valence-electron chi connectivity index (χ2n) is 1.01. The van der Waals surface area contributed by atoms with Crippen molar-refractivity contribution in [1.29, 1.82) is 0 Å². The Hall–Kier alpha value is 0.196. The number of hydrogen-bond donors (Lipinski definition) is 2. The van der Waals surface area contributed by atoms with Gasteiger partial charge in [0, 0.05) is 23.1 Å². The minimum absolute atomic E-state index is 0. The van der Waals surface area contributed by atoms with E-state index in [1.165, 1.54) is 6.92 Å². The summed E-state index contributed by atoms with van der Waals surface area (Å²) in [5.41, 5.74) is 0. The number of hydrogen-bond acceptors (Lipinski definition) is 2. The average Bonchev–Trinajstić information content (AvgIpc) is 1.36. The maximum atomic E-state index is 9.45. The first-order chi connectivity index (χ1) is 2.64. The van der Waals surface area contributed by atoms with Crippen LogP contribution in [0.4, 0.5) is 0 Å². The Kier molecular flexibility index (Phi) is 6.37. The maximum Gasteiger partial charge on any atom is 0.332 e. The van der Waals surface area contributed by atoms with Gasteiger partial charge in [-0.05, 0) is 6.92 Å². The van der Waals surface area contributed by atoms with Crippen molar-refractivity contribution in [2.45, 2.75) is 13.0 Å². The molecule has 0 aromatic rings. The lowest BCUT2D eigenvalue weighted by Crippen LogP contribution is -2.13. The summed E-state index contributed by atoms with van der Waals surface area (Å²) in [6.07, 6.45) is -1.23. The molecule has 2 N–H and O–H groups in total. The second-order valence-corrected chi connectivity index (χ2v) is 1.01. The van der Waals surface area contributed by atoms with Gasteiger partial charge in [0.25, 0.3) is 0 Å². The molecule has 0 amide bonds. The van der Waals surface area contributed by atoms with Crippen molar-refractivity contribution in [3.63, 3.8) is 0 Å². The van der Waals surface area contributed by atoms with E-state index in [0.717, 1.165) is 0 Å². The zero-order valence-corrected chi connectivity index (χ0v) is 5.50. The van der Waals surface area contributed by atoms with Gasteiger partial charge in [-0.15, -0.1) is 0 Å². The third-order valence-electron chi connectivity index (χ3n) is 0.357. The van der Waals surface area contributed by atoms with E-state index in [9.17, 15) is 4.79 Å². The van der Waals surface area contributed by atoms with Crippen LogP contribution in [0, 0.1) is 0 Å². The van der Waals surface area contributed by atoms with Crippen molar-refractivity contribution in [2.75, 3.05) is 0 Å². The molecule has 3 nitrogen and oxygen atoms in total. The lowest BCUT2D eigenvalue weighted by Gasteiger charge is -1.89. The van der Waals surface area contributed by atoms with Gasteiger partial charge in [0.15, 0.2) is 0 Å². The molecular formula is C3H6MgO3. The summed E-state index contributed by atoms with van der Waals surface area (Å²) in [4.78, 5) is 9.45. The molecule has 0 bridgehead atoms. The van der Waals surface area contributed by atoms with Crippen molar-refractivity contribution in [2.24, 2.45) is 0 Å². The van der Waals surface area contributed by atoms with Crippen molar-refractivity contribution in [3.8, 4) is 0 Å². The van der Waals surface area contributed by atoms with Gasteiger partial charge in [-0.3, -0.25) is 0 Å². The predicted molar refractivity (Wildman–Crippen MR) is 25.1 cm³/mol. The molecule has 4 heteroatoms. The number of aliphatic hydroxyl groups is 1. The van der Waals surface area contributed by atoms with Crippen LogP contribution in [-0.4, -0.2) is 45.3 Å². The van der Waals surface area contributed by atoms with Crippen molar-refractivity contribution in [1.82, 2.24) is 0 Å². The van der Waals surface area contributed by atoms with Gasteiger partial charge in [0.1, 0.15) is 6.10 Å². The topological polar surface area (TPSA) is 57.5 Å². The van der Waals surface area contributed by atoms with Crippen LogP contribution in [0.2, 0.25) is 0 Å². The number of rotatable bonds is 1. The van der Waals surface area contributed by atoms with Crippen LogP contribution in [0.5, 0.6) is 0 Å². The highest BCUT2D eigenvalue weighted by Crippen LogP contribution is 1.73. The van der Waals surface area contributed by atoms with Gasteiger partial charge in [0.05, 0.1) is 0 Å². The largest absolute Gasteiger partial charge is 0.479 e. The molecule has 0 aliphatic rings. The first-order valence-electron chi connectivity index (χ1n) is 1.55. The monoisotopic (exact) mass is 114 g/mol. The number of carboxylic acids is 1. The van der Waals surface area contributed by atoms with Gasteiger partial charge in [-0.2, -0.15) is 0 Å². The molecule has 1 atom stereocenters. The van der Waals surface area contributed by atoms with E-state index < -0.39 is 12.1 Å². The summed E-state index contributed by atoms with van der Waals surface area (Å²) in [7, 11) is 0. The fourth-order valence-corrected chi connectivity index (χ4v) is 0. The standard InChI is InChI=1S/C3H6O3.Mg/c1-2(4)3(5)6;/h2,4H,1H3,(H,5,6);/t2-;/m0./s1. The number of carboxylic acid groups (broad SMARTS) is 1. The van der Waals surface area contributed by atoms with Gasteiger partial charge >= 0.3 is 5.97 Å². The molecule has 2 radical (unpaired) electrons. The summed E-state index contributed by atoms with van der Waals surface area (Å²) in [6.45, 7) is 1.20. The Morgan fingerprint density at radius 1 is 1.71 bits per heavy atom. The lowest BCUT2D eigenvalue weighted by atomic mass is 10.4. The Morgan fingerprint density at radius 2 is 1.86 bits per heavy atom. The number of carbonyl (C=O) groups is 1. The SMILES string of the molecule is C[C@H](O)C(=O)O.[Mg]. The molecular weight excluding hydrogens is 108 g/mol. The van der Waals surface area contributed by atoms with E-state index in [4.69, 9.17) is 10.2 Å². The van der Waals surface area contributed by atoms with Crippen LogP contribution in [0.25, 0.3) is 0 Å². The zero-order chi connectivity index (χ0) is 5.15. The summed E-state index contributed by atoms with van der Waals surface area (Å²) in [6, 6.07) is 0. The smallest absolute Gasteiger partial charge is 0.332 e. The minimum atomic E-state index is -1.23. The highest BCUT2D eigenvalue weighted by atomic mass is 24.3.